The molecule has 0 unspecified atom stereocenters. The van der Waals surface area contributed by atoms with Crippen LogP contribution in [0.5, 0.6) is 0 Å². The molecule has 0 N–H and O–H groups in total. The van der Waals surface area contributed by atoms with Crippen LogP contribution in [0, 0.1) is 12.5 Å². The van der Waals surface area contributed by atoms with Gasteiger partial charge in [0.1, 0.15) is 0 Å². The molecule has 0 spiro atoms. The molecule has 0 aromatic heterocycles. The third-order valence-corrected chi connectivity index (χ3v) is 5.72. The topological polar surface area (TPSA) is 43.1 Å². The quantitative estimate of drug-likeness (QED) is 0.461. The van der Waals surface area contributed by atoms with Crippen molar-refractivity contribution in [3.8, 4) is 11.1 Å². The second kappa shape index (κ2) is 10.4. The molecule has 0 aliphatic carbocycles. The number of ether oxygens (including phenoxy) is 2. The van der Waals surface area contributed by atoms with Crippen LogP contribution in [0.1, 0.15) is 42.6 Å². The SMILES string of the molecule is [C-]#[N+]c1cccc(-c2cc(COCC3CCN(C(C)C)CC3)cc(C(=O)OC)c2)c1. The molecule has 0 radical (unpaired) electrons. The van der Waals surface area contributed by atoms with Gasteiger partial charge in [-0.15, -0.1) is 0 Å². The van der Waals surface area contributed by atoms with Gasteiger partial charge in [0.2, 0.25) is 0 Å². The maximum absolute atomic E-state index is 12.2. The lowest BCUT2D eigenvalue weighted by Gasteiger charge is -2.34. The Labute approximate surface area is 179 Å². The zero-order valence-corrected chi connectivity index (χ0v) is 18.1. The number of piperidine rings is 1. The zero-order chi connectivity index (χ0) is 21.5. The summed E-state index contributed by atoms with van der Waals surface area (Å²) < 4.78 is 11.0. The Morgan fingerprint density at radius 1 is 1.17 bits per heavy atom. The fourth-order valence-corrected chi connectivity index (χ4v) is 3.91. The van der Waals surface area contributed by atoms with Crippen LogP contribution >= 0.6 is 0 Å². The number of benzene rings is 2. The highest BCUT2D eigenvalue weighted by molar-refractivity contribution is 5.91. The van der Waals surface area contributed by atoms with E-state index in [9.17, 15) is 4.79 Å². The van der Waals surface area contributed by atoms with Crippen molar-refractivity contribution in [1.29, 1.82) is 0 Å². The van der Waals surface area contributed by atoms with Gasteiger partial charge < -0.3 is 14.4 Å². The minimum Gasteiger partial charge on any atom is -0.465 e. The molecule has 1 heterocycles. The Hall–Kier alpha value is -2.68. The second-order valence-corrected chi connectivity index (χ2v) is 8.16. The summed E-state index contributed by atoms with van der Waals surface area (Å²) in [6, 6.07) is 13.7. The van der Waals surface area contributed by atoms with Crippen molar-refractivity contribution in [3.05, 3.63) is 65.0 Å². The first-order valence-corrected chi connectivity index (χ1v) is 10.5. The predicted octanol–water partition coefficient (Wildman–Crippen LogP) is 5.33. The molecule has 2 aromatic carbocycles. The van der Waals surface area contributed by atoms with Crippen LogP contribution in [0.2, 0.25) is 0 Å². The number of rotatable bonds is 7. The lowest BCUT2D eigenvalue weighted by molar-refractivity contribution is 0.0511. The van der Waals surface area contributed by atoms with Crippen molar-refractivity contribution in [2.45, 2.75) is 39.3 Å². The van der Waals surface area contributed by atoms with E-state index in [0.717, 1.165) is 49.2 Å². The van der Waals surface area contributed by atoms with Crippen LogP contribution in [0.15, 0.2) is 42.5 Å². The lowest BCUT2D eigenvalue weighted by atomic mass is 9.97. The van der Waals surface area contributed by atoms with E-state index >= 15 is 0 Å². The van der Waals surface area contributed by atoms with Gasteiger partial charge in [0.05, 0.1) is 25.9 Å². The average molecular weight is 407 g/mol. The van der Waals surface area contributed by atoms with Crippen molar-refractivity contribution >= 4 is 11.7 Å². The smallest absolute Gasteiger partial charge is 0.337 e. The van der Waals surface area contributed by atoms with Gasteiger partial charge in [-0.1, -0.05) is 18.2 Å². The van der Waals surface area contributed by atoms with Crippen molar-refractivity contribution in [2.24, 2.45) is 5.92 Å². The number of hydrogen-bond donors (Lipinski definition) is 0. The van der Waals surface area contributed by atoms with Crippen molar-refractivity contribution < 1.29 is 14.3 Å². The second-order valence-electron chi connectivity index (χ2n) is 8.16. The Bertz CT molecular complexity index is 909. The number of nitrogens with zero attached hydrogens (tertiary/aromatic N) is 2. The number of methoxy groups -OCH3 is 1. The summed E-state index contributed by atoms with van der Waals surface area (Å²) in [6.45, 7) is 15.2. The van der Waals surface area contributed by atoms with Gasteiger partial charge in [-0.25, -0.2) is 9.64 Å². The summed E-state index contributed by atoms with van der Waals surface area (Å²) in [4.78, 5) is 18.2. The molecule has 0 amide bonds. The number of likely N-dealkylation sites (tertiary alicyclic amines) is 1. The van der Waals surface area contributed by atoms with Gasteiger partial charge in [-0.2, -0.15) is 0 Å². The average Bonchev–Trinajstić information content (AvgIpc) is 2.78. The van der Waals surface area contributed by atoms with E-state index in [1.165, 1.54) is 7.11 Å². The predicted molar refractivity (Wildman–Crippen MR) is 119 cm³/mol. The van der Waals surface area contributed by atoms with E-state index in [4.69, 9.17) is 16.0 Å². The monoisotopic (exact) mass is 406 g/mol. The largest absolute Gasteiger partial charge is 0.465 e. The van der Waals surface area contributed by atoms with Crippen LogP contribution in [-0.2, 0) is 16.1 Å². The lowest BCUT2D eigenvalue weighted by Crippen LogP contribution is -2.39. The molecule has 158 valence electrons. The number of carbonyl (C=O) groups is 1. The Balaban J connectivity index is 1.69. The van der Waals surface area contributed by atoms with Crippen molar-refractivity contribution in [3.63, 3.8) is 0 Å². The molecule has 1 aliphatic rings. The molecule has 3 rings (SSSR count). The standard InChI is InChI=1S/C25H30N2O3/c1-18(2)27-10-8-19(9-11-27)16-30-17-20-12-22(14-23(13-20)25(28)29-4)21-6-5-7-24(15-21)26-3/h5-7,12-15,18-19H,8-11,16-17H2,1-2,4H3. The van der Waals surface area contributed by atoms with Gasteiger partial charge >= 0.3 is 5.97 Å². The Morgan fingerprint density at radius 3 is 2.60 bits per heavy atom. The Morgan fingerprint density at radius 2 is 1.93 bits per heavy atom. The van der Waals surface area contributed by atoms with E-state index < -0.39 is 0 Å². The van der Waals surface area contributed by atoms with Crippen molar-refractivity contribution in [1.82, 2.24) is 4.90 Å². The molecular formula is C25H30N2O3. The summed E-state index contributed by atoms with van der Waals surface area (Å²) in [6.07, 6.45) is 2.32. The maximum Gasteiger partial charge on any atom is 0.337 e. The Kier molecular flexibility index (Phi) is 7.62. The summed E-state index contributed by atoms with van der Waals surface area (Å²) in [5.74, 6) is 0.207. The molecule has 1 saturated heterocycles. The van der Waals surface area contributed by atoms with Gasteiger partial charge in [-0.3, -0.25) is 0 Å². The number of esters is 1. The molecule has 1 fully saturated rings. The van der Waals surface area contributed by atoms with E-state index in [2.05, 4.69) is 23.6 Å². The van der Waals surface area contributed by atoms with E-state index in [0.29, 0.717) is 29.8 Å². The first kappa shape index (κ1) is 22.0. The summed E-state index contributed by atoms with van der Waals surface area (Å²) in [5.41, 5.74) is 3.78. The van der Waals surface area contributed by atoms with Crippen LogP contribution in [0.4, 0.5) is 5.69 Å². The van der Waals surface area contributed by atoms with Gasteiger partial charge in [-0.05, 0) is 86.7 Å². The molecule has 1 aliphatic heterocycles. The van der Waals surface area contributed by atoms with E-state index in [1.54, 1.807) is 12.1 Å². The van der Waals surface area contributed by atoms with Gasteiger partial charge in [0, 0.05) is 12.6 Å². The molecular weight excluding hydrogens is 376 g/mol. The fraction of sp³-hybridized carbons (Fsp3) is 0.440. The van der Waals surface area contributed by atoms with Gasteiger partial charge in [0.25, 0.3) is 0 Å². The molecule has 5 nitrogen and oxygen atoms in total. The highest BCUT2D eigenvalue weighted by Crippen LogP contribution is 2.27. The summed E-state index contributed by atoms with van der Waals surface area (Å²) in [5, 5.41) is 0. The highest BCUT2D eigenvalue weighted by atomic mass is 16.5. The van der Waals surface area contributed by atoms with E-state index in [1.807, 2.05) is 30.3 Å². The maximum atomic E-state index is 12.2. The van der Waals surface area contributed by atoms with Crippen LogP contribution in [0.25, 0.3) is 16.0 Å². The van der Waals surface area contributed by atoms with Crippen LogP contribution in [0.3, 0.4) is 0 Å². The summed E-state index contributed by atoms with van der Waals surface area (Å²) in [7, 11) is 1.38. The van der Waals surface area contributed by atoms with Gasteiger partial charge in [0.15, 0.2) is 5.69 Å². The molecule has 0 atom stereocenters. The number of carbonyl (C=O) groups excluding carboxylic acids is 1. The zero-order valence-electron chi connectivity index (χ0n) is 18.1. The molecule has 2 aromatic rings. The number of hydrogen-bond acceptors (Lipinski definition) is 4. The normalized spacial score (nSPS) is 15.2. The molecule has 5 heteroatoms. The third kappa shape index (κ3) is 5.69. The van der Waals surface area contributed by atoms with Crippen molar-refractivity contribution in [2.75, 3.05) is 26.8 Å². The highest BCUT2D eigenvalue weighted by Gasteiger charge is 2.21. The van der Waals surface area contributed by atoms with E-state index in [-0.39, 0.29) is 5.97 Å². The first-order valence-electron chi connectivity index (χ1n) is 10.5. The first-order chi connectivity index (χ1) is 14.5. The fourth-order valence-electron chi connectivity index (χ4n) is 3.91. The summed E-state index contributed by atoms with van der Waals surface area (Å²) >= 11 is 0. The minimum atomic E-state index is -0.375. The van der Waals surface area contributed by atoms with Crippen LogP contribution in [-0.4, -0.2) is 43.7 Å². The van der Waals surface area contributed by atoms with Crippen LogP contribution < -0.4 is 0 Å². The molecule has 0 saturated carbocycles. The molecule has 0 bridgehead atoms. The molecule has 30 heavy (non-hydrogen) atoms. The third-order valence-electron chi connectivity index (χ3n) is 5.72. The minimum absolute atomic E-state index is 0.375.